The molecule has 0 unspecified atom stereocenters. The first-order chi connectivity index (χ1) is 18.1. The maximum atomic E-state index is 12.5. The van der Waals surface area contributed by atoms with E-state index >= 15 is 0 Å². The molecule has 38 heavy (non-hydrogen) atoms. The number of para-hydroxylation sites is 2. The zero-order valence-corrected chi connectivity index (χ0v) is 21.0. The van der Waals surface area contributed by atoms with Gasteiger partial charge in [-0.2, -0.15) is 16.8 Å². The van der Waals surface area contributed by atoms with E-state index in [0.717, 1.165) is 0 Å². The largest absolute Gasteiger partial charge is 0.455 e. The molecule has 0 aliphatic rings. The predicted octanol–water partition coefficient (Wildman–Crippen LogP) is 6.67. The minimum Gasteiger partial charge on any atom is -0.455 e. The van der Waals surface area contributed by atoms with Gasteiger partial charge in [0.1, 0.15) is 21.0 Å². The molecule has 4 aromatic carbocycles. The molecule has 190 valence electrons. The van der Waals surface area contributed by atoms with Crippen LogP contribution in [-0.4, -0.2) is 25.9 Å². The lowest BCUT2D eigenvalue weighted by molar-refractivity contribution is 0.480. The topological polar surface area (TPSA) is 135 Å². The molecule has 0 saturated heterocycles. The molecule has 0 bridgehead atoms. The van der Waals surface area contributed by atoms with Gasteiger partial charge in [0.25, 0.3) is 20.2 Å². The van der Waals surface area contributed by atoms with E-state index in [1.165, 1.54) is 12.1 Å². The summed E-state index contributed by atoms with van der Waals surface area (Å²) in [4.78, 5) is -0.749. The van der Waals surface area contributed by atoms with E-state index in [-0.39, 0.29) is 43.2 Å². The third kappa shape index (κ3) is 3.91. The van der Waals surface area contributed by atoms with E-state index in [1.54, 1.807) is 84.9 Å². The standard InChI is InChI=1S/C28H18O8S2/c29-37(30,31)27-21-13-5-7-15-23(21)35-25(27)19-11-3-1-9-17(19)18-10-2-4-12-20(18)26-28(38(32,33)34)22-14-6-8-16-24(22)36-26/h1-16H,(H,29,30,31)(H,32,33,34). The number of benzene rings is 4. The molecule has 2 N–H and O–H groups in total. The number of rotatable bonds is 5. The molecular formula is C28H18O8S2. The van der Waals surface area contributed by atoms with Crippen LogP contribution in [0.4, 0.5) is 0 Å². The third-order valence-electron chi connectivity index (χ3n) is 6.25. The van der Waals surface area contributed by atoms with Crippen molar-refractivity contribution in [1.29, 1.82) is 0 Å². The lowest BCUT2D eigenvalue weighted by atomic mass is 9.93. The normalized spacial score (nSPS) is 12.4. The summed E-state index contributed by atoms with van der Waals surface area (Å²) < 4.78 is 82.1. The molecule has 0 spiro atoms. The minimum atomic E-state index is -4.69. The molecule has 0 radical (unpaired) electrons. The van der Waals surface area contributed by atoms with E-state index in [9.17, 15) is 25.9 Å². The summed E-state index contributed by atoms with van der Waals surface area (Å²) in [7, 11) is -9.39. The van der Waals surface area contributed by atoms with Gasteiger partial charge >= 0.3 is 0 Å². The SMILES string of the molecule is O=S(=O)(O)c1c(-c2ccccc2-c2ccccc2-c2oc3ccccc3c2S(=O)(=O)O)oc2ccccc12. The van der Waals surface area contributed by atoms with Crippen molar-refractivity contribution in [3.8, 4) is 33.8 Å². The summed E-state index contributed by atoms with van der Waals surface area (Å²) in [6, 6.07) is 26.4. The fraction of sp³-hybridized carbons (Fsp3) is 0. The minimum absolute atomic E-state index is 0.0706. The van der Waals surface area contributed by atoms with Gasteiger partial charge in [-0.3, -0.25) is 9.11 Å². The van der Waals surface area contributed by atoms with Crippen molar-refractivity contribution in [2.45, 2.75) is 9.79 Å². The summed E-state index contributed by atoms with van der Waals surface area (Å²) in [6.07, 6.45) is 0. The molecule has 0 aliphatic carbocycles. The Morgan fingerprint density at radius 1 is 0.447 bits per heavy atom. The van der Waals surface area contributed by atoms with Gasteiger partial charge in [-0.1, -0.05) is 72.8 Å². The second-order valence-electron chi connectivity index (χ2n) is 8.55. The smallest absolute Gasteiger partial charge is 0.299 e. The molecule has 0 aliphatic heterocycles. The van der Waals surface area contributed by atoms with Gasteiger partial charge in [0.15, 0.2) is 11.5 Å². The summed E-state index contributed by atoms with van der Waals surface area (Å²) >= 11 is 0. The monoisotopic (exact) mass is 546 g/mol. The van der Waals surface area contributed by atoms with E-state index in [2.05, 4.69) is 0 Å². The molecule has 2 heterocycles. The predicted molar refractivity (Wildman–Crippen MR) is 142 cm³/mol. The average molecular weight is 547 g/mol. The first-order valence-corrected chi connectivity index (χ1v) is 14.2. The molecule has 6 rings (SSSR count). The maximum Gasteiger partial charge on any atom is 0.299 e. The molecule has 0 saturated carbocycles. The summed E-state index contributed by atoms with van der Waals surface area (Å²) in [5.41, 5.74) is 2.18. The molecule has 6 aromatic rings. The van der Waals surface area contributed by atoms with Crippen molar-refractivity contribution in [3.05, 3.63) is 97.1 Å². The Morgan fingerprint density at radius 3 is 1.13 bits per heavy atom. The number of furan rings is 2. The van der Waals surface area contributed by atoms with E-state index in [1.807, 2.05) is 0 Å². The van der Waals surface area contributed by atoms with Gasteiger partial charge in [-0.25, -0.2) is 0 Å². The van der Waals surface area contributed by atoms with Gasteiger partial charge < -0.3 is 8.83 Å². The fourth-order valence-electron chi connectivity index (χ4n) is 4.74. The Kier molecular flexibility index (Phi) is 5.51. The highest BCUT2D eigenvalue weighted by Gasteiger charge is 2.30. The first kappa shape index (κ1) is 24.1. The highest BCUT2D eigenvalue weighted by Crippen LogP contribution is 2.45. The Bertz CT molecular complexity index is 1930. The maximum absolute atomic E-state index is 12.5. The Balaban J connectivity index is 1.68. The third-order valence-corrected chi connectivity index (χ3v) is 8.09. The van der Waals surface area contributed by atoms with Crippen LogP contribution in [0.5, 0.6) is 0 Å². The van der Waals surface area contributed by atoms with Crippen LogP contribution in [-0.2, 0) is 20.2 Å². The second-order valence-corrected chi connectivity index (χ2v) is 11.3. The zero-order chi connectivity index (χ0) is 26.7. The van der Waals surface area contributed by atoms with Crippen LogP contribution in [0.3, 0.4) is 0 Å². The first-order valence-electron chi connectivity index (χ1n) is 11.3. The lowest BCUT2D eigenvalue weighted by Gasteiger charge is -2.13. The van der Waals surface area contributed by atoms with Gasteiger partial charge in [-0.15, -0.1) is 0 Å². The van der Waals surface area contributed by atoms with E-state index < -0.39 is 20.2 Å². The van der Waals surface area contributed by atoms with Crippen molar-refractivity contribution in [2.75, 3.05) is 0 Å². The van der Waals surface area contributed by atoms with Crippen LogP contribution < -0.4 is 0 Å². The summed E-state index contributed by atoms with van der Waals surface area (Å²) in [5, 5.41) is 0.443. The van der Waals surface area contributed by atoms with Crippen LogP contribution in [0.25, 0.3) is 55.7 Å². The highest BCUT2D eigenvalue weighted by atomic mass is 32.2. The molecule has 0 amide bonds. The summed E-state index contributed by atoms with van der Waals surface area (Å²) in [5.74, 6) is -0.141. The molecule has 8 nitrogen and oxygen atoms in total. The van der Waals surface area contributed by atoms with Gasteiger partial charge in [0.05, 0.1) is 0 Å². The van der Waals surface area contributed by atoms with Crippen molar-refractivity contribution >= 4 is 42.2 Å². The highest BCUT2D eigenvalue weighted by molar-refractivity contribution is 7.86. The van der Waals surface area contributed by atoms with E-state index in [0.29, 0.717) is 22.3 Å². The van der Waals surface area contributed by atoms with Gasteiger partial charge in [0, 0.05) is 21.9 Å². The van der Waals surface area contributed by atoms with Crippen LogP contribution >= 0.6 is 0 Å². The van der Waals surface area contributed by atoms with Crippen molar-refractivity contribution in [3.63, 3.8) is 0 Å². The number of hydrogen-bond donors (Lipinski definition) is 2. The van der Waals surface area contributed by atoms with Crippen molar-refractivity contribution in [2.24, 2.45) is 0 Å². The van der Waals surface area contributed by atoms with E-state index in [4.69, 9.17) is 8.83 Å². The van der Waals surface area contributed by atoms with Crippen LogP contribution in [0.15, 0.2) is 116 Å². The molecule has 0 fully saturated rings. The number of fused-ring (bicyclic) bond motifs is 2. The average Bonchev–Trinajstić information content (AvgIpc) is 3.48. The van der Waals surface area contributed by atoms with Crippen molar-refractivity contribution in [1.82, 2.24) is 0 Å². The second kappa shape index (κ2) is 8.67. The quantitative estimate of drug-likeness (QED) is 0.229. The van der Waals surface area contributed by atoms with Crippen molar-refractivity contribution < 1.29 is 34.8 Å². The number of hydrogen-bond acceptors (Lipinski definition) is 6. The molecular weight excluding hydrogens is 528 g/mol. The Labute approximate surface area is 217 Å². The molecule has 2 aromatic heterocycles. The molecule has 0 atom stereocenters. The van der Waals surface area contributed by atoms with Crippen LogP contribution in [0.1, 0.15) is 0 Å². The fourth-order valence-corrected chi connectivity index (χ4v) is 6.41. The Hall–Kier alpha value is -4.22. The Morgan fingerprint density at radius 2 is 0.763 bits per heavy atom. The molecule has 10 heteroatoms. The zero-order valence-electron chi connectivity index (χ0n) is 19.4. The summed E-state index contributed by atoms with van der Waals surface area (Å²) in [6.45, 7) is 0. The lowest BCUT2D eigenvalue weighted by Crippen LogP contribution is -2.00. The van der Waals surface area contributed by atoms with Crippen LogP contribution in [0.2, 0.25) is 0 Å². The van der Waals surface area contributed by atoms with Crippen LogP contribution in [0, 0.1) is 0 Å². The van der Waals surface area contributed by atoms with Gasteiger partial charge in [-0.05, 0) is 35.4 Å². The van der Waals surface area contributed by atoms with Gasteiger partial charge in [0.2, 0.25) is 0 Å².